The van der Waals surface area contributed by atoms with E-state index in [4.69, 9.17) is 11.6 Å². The predicted molar refractivity (Wildman–Crippen MR) is 96.3 cm³/mol. The van der Waals surface area contributed by atoms with Crippen LogP contribution in [0.25, 0.3) is 0 Å². The SMILES string of the molecule is CCNC(Cc1ccc(Cl)s1)c1cc(I)ccc1Br. The normalized spacial score (nSPS) is 12.6. The number of thiophene rings is 1. The molecule has 0 aliphatic heterocycles. The molecule has 1 N–H and O–H groups in total. The average molecular weight is 471 g/mol. The lowest BCUT2D eigenvalue weighted by molar-refractivity contribution is 0.551. The minimum atomic E-state index is 0.309. The van der Waals surface area contributed by atoms with Crippen LogP contribution in [0, 0.1) is 3.57 Å². The summed E-state index contributed by atoms with van der Waals surface area (Å²) in [5.41, 5.74) is 1.30. The van der Waals surface area contributed by atoms with Crippen molar-refractivity contribution >= 4 is 61.5 Å². The first-order chi connectivity index (χ1) is 9.10. The molecule has 0 fully saturated rings. The summed E-state index contributed by atoms with van der Waals surface area (Å²) in [5.74, 6) is 0. The molecule has 1 atom stereocenters. The summed E-state index contributed by atoms with van der Waals surface area (Å²) in [6, 6.07) is 10.8. The van der Waals surface area contributed by atoms with E-state index in [0.29, 0.717) is 6.04 Å². The van der Waals surface area contributed by atoms with Gasteiger partial charge in [0.25, 0.3) is 0 Å². The van der Waals surface area contributed by atoms with Gasteiger partial charge in [0.2, 0.25) is 0 Å². The number of hydrogen-bond donors (Lipinski definition) is 1. The predicted octanol–water partition coefficient (Wildman–Crippen LogP) is 5.66. The van der Waals surface area contributed by atoms with Crippen molar-refractivity contribution in [1.29, 1.82) is 0 Å². The molecule has 2 aromatic rings. The molecule has 0 radical (unpaired) electrons. The van der Waals surface area contributed by atoms with Crippen LogP contribution in [0.15, 0.2) is 34.8 Å². The molecule has 0 amide bonds. The molecule has 1 aromatic carbocycles. The van der Waals surface area contributed by atoms with Gasteiger partial charge >= 0.3 is 0 Å². The second-order valence-corrected chi connectivity index (χ2v) is 8.09. The Labute approximate surface area is 145 Å². The van der Waals surface area contributed by atoms with Gasteiger partial charge in [0.1, 0.15) is 0 Å². The van der Waals surface area contributed by atoms with Crippen LogP contribution in [-0.2, 0) is 6.42 Å². The van der Waals surface area contributed by atoms with Crippen LogP contribution in [0.3, 0.4) is 0 Å². The molecule has 0 aliphatic rings. The third-order valence-corrected chi connectivity index (χ3v) is 5.46. The Kier molecular flexibility index (Phi) is 6.14. The van der Waals surface area contributed by atoms with Crippen molar-refractivity contribution in [3.8, 4) is 0 Å². The number of likely N-dealkylation sites (N-methyl/N-ethyl adjacent to an activating group) is 1. The number of benzene rings is 1. The maximum Gasteiger partial charge on any atom is 0.0931 e. The molecule has 0 saturated heterocycles. The van der Waals surface area contributed by atoms with Gasteiger partial charge < -0.3 is 5.32 Å². The standard InChI is InChI=1S/C14H14BrClINS/c1-2-18-13(8-10-4-6-14(16)19-10)11-7-9(17)3-5-12(11)15/h3-7,13,18H,2,8H2,1H3. The van der Waals surface area contributed by atoms with E-state index in [2.05, 4.69) is 75.0 Å². The van der Waals surface area contributed by atoms with E-state index in [-0.39, 0.29) is 0 Å². The van der Waals surface area contributed by atoms with Crippen LogP contribution in [-0.4, -0.2) is 6.54 Å². The molecule has 0 spiro atoms. The van der Waals surface area contributed by atoms with E-state index in [0.717, 1.165) is 21.8 Å². The third kappa shape index (κ3) is 4.43. The minimum Gasteiger partial charge on any atom is -0.310 e. The molecule has 0 bridgehead atoms. The highest BCUT2D eigenvalue weighted by Gasteiger charge is 2.15. The van der Waals surface area contributed by atoms with E-state index in [9.17, 15) is 0 Å². The van der Waals surface area contributed by atoms with Crippen LogP contribution in [0.1, 0.15) is 23.4 Å². The van der Waals surface area contributed by atoms with Gasteiger partial charge in [-0.3, -0.25) is 0 Å². The third-order valence-electron chi connectivity index (χ3n) is 2.82. The highest BCUT2D eigenvalue weighted by atomic mass is 127. The summed E-state index contributed by atoms with van der Waals surface area (Å²) in [4.78, 5) is 1.31. The smallest absolute Gasteiger partial charge is 0.0931 e. The van der Waals surface area contributed by atoms with Gasteiger partial charge in [0, 0.05) is 25.4 Å². The molecule has 5 heteroatoms. The summed E-state index contributed by atoms with van der Waals surface area (Å²) < 4.78 is 3.26. The van der Waals surface area contributed by atoms with Gasteiger partial charge in [-0.1, -0.05) is 34.5 Å². The largest absolute Gasteiger partial charge is 0.310 e. The molecular formula is C14H14BrClINS. The second kappa shape index (κ2) is 7.41. The minimum absolute atomic E-state index is 0.309. The highest BCUT2D eigenvalue weighted by Crippen LogP contribution is 2.31. The number of hydrogen-bond acceptors (Lipinski definition) is 2. The number of nitrogens with one attached hydrogen (secondary N) is 1. The van der Waals surface area contributed by atoms with Gasteiger partial charge in [-0.15, -0.1) is 11.3 Å². The fraction of sp³-hybridized carbons (Fsp3) is 0.286. The van der Waals surface area contributed by atoms with Gasteiger partial charge in [-0.25, -0.2) is 0 Å². The summed E-state index contributed by atoms with van der Waals surface area (Å²) in [6.45, 7) is 3.08. The summed E-state index contributed by atoms with van der Waals surface area (Å²) in [6.07, 6.45) is 0.962. The van der Waals surface area contributed by atoms with Crippen LogP contribution in [0.5, 0.6) is 0 Å². The van der Waals surface area contributed by atoms with Crippen molar-refractivity contribution in [2.75, 3.05) is 6.54 Å². The summed E-state index contributed by atoms with van der Waals surface area (Å²) in [5, 5.41) is 3.55. The molecular weight excluding hydrogens is 456 g/mol. The van der Waals surface area contributed by atoms with Crippen molar-refractivity contribution in [1.82, 2.24) is 5.32 Å². The Bertz CT molecular complexity index is 558. The Balaban J connectivity index is 2.26. The van der Waals surface area contributed by atoms with Gasteiger partial charge in [-0.2, -0.15) is 0 Å². The number of halogens is 3. The lowest BCUT2D eigenvalue weighted by Gasteiger charge is -2.19. The van der Waals surface area contributed by atoms with E-state index in [1.165, 1.54) is 14.0 Å². The average Bonchev–Trinajstić information content (AvgIpc) is 2.77. The maximum atomic E-state index is 6.01. The van der Waals surface area contributed by atoms with Crippen LogP contribution < -0.4 is 5.32 Å². The fourth-order valence-corrected chi connectivity index (χ4v) is 4.15. The zero-order chi connectivity index (χ0) is 13.8. The molecule has 1 nitrogen and oxygen atoms in total. The van der Waals surface area contributed by atoms with Crippen molar-refractivity contribution in [3.63, 3.8) is 0 Å². The first kappa shape index (κ1) is 15.8. The lowest BCUT2D eigenvalue weighted by Crippen LogP contribution is -2.23. The molecule has 1 aromatic heterocycles. The maximum absolute atomic E-state index is 6.01. The Morgan fingerprint density at radius 2 is 2.16 bits per heavy atom. The van der Waals surface area contributed by atoms with Crippen molar-refractivity contribution in [2.45, 2.75) is 19.4 Å². The highest BCUT2D eigenvalue weighted by molar-refractivity contribution is 14.1. The van der Waals surface area contributed by atoms with Crippen molar-refractivity contribution in [2.24, 2.45) is 0 Å². The van der Waals surface area contributed by atoms with Crippen LogP contribution >= 0.6 is 61.5 Å². The van der Waals surface area contributed by atoms with E-state index in [1.807, 2.05) is 6.07 Å². The zero-order valence-electron chi connectivity index (χ0n) is 10.4. The Morgan fingerprint density at radius 1 is 1.37 bits per heavy atom. The Hall–Kier alpha value is 0.380. The molecule has 102 valence electrons. The Morgan fingerprint density at radius 3 is 2.79 bits per heavy atom. The van der Waals surface area contributed by atoms with Crippen LogP contribution in [0.2, 0.25) is 4.34 Å². The fourth-order valence-electron chi connectivity index (χ4n) is 1.98. The van der Waals surface area contributed by atoms with Crippen molar-refractivity contribution in [3.05, 3.63) is 53.2 Å². The quantitative estimate of drug-likeness (QED) is 0.556. The second-order valence-electron chi connectivity index (χ2n) is 4.19. The molecule has 0 aliphatic carbocycles. The summed E-state index contributed by atoms with van der Waals surface area (Å²) >= 11 is 13.7. The topological polar surface area (TPSA) is 12.0 Å². The molecule has 1 heterocycles. The first-order valence-corrected chi connectivity index (χ1v) is 9.09. The van der Waals surface area contributed by atoms with E-state index < -0.39 is 0 Å². The van der Waals surface area contributed by atoms with Crippen molar-refractivity contribution < 1.29 is 0 Å². The van der Waals surface area contributed by atoms with E-state index >= 15 is 0 Å². The van der Waals surface area contributed by atoms with Gasteiger partial charge in [-0.05, 0) is 65.0 Å². The first-order valence-electron chi connectivity index (χ1n) is 6.02. The monoisotopic (exact) mass is 469 g/mol. The molecule has 1 unspecified atom stereocenters. The molecule has 19 heavy (non-hydrogen) atoms. The zero-order valence-corrected chi connectivity index (χ0v) is 15.7. The van der Waals surface area contributed by atoms with Gasteiger partial charge in [0.15, 0.2) is 0 Å². The number of rotatable bonds is 5. The van der Waals surface area contributed by atoms with Crippen LogP contribution in [0.4, 0.5) is 0 Å². The molecule has 2 rings (SSSR count). The van der Waals surface area contributed by atoms with Gasteiger partial charge in [0.05, 0.1) is 4.34 Å². The lowest BCUT2D eigenvalue weighted by atomic mass is 10.0. The summed E-state index contributed by atoms with van der Waals surface area (Å²) in [7, 11) is 0. The molecule has 0 saturated carbocycles. The van der Waals surface area contributed by atoms with E-state index in [1.54, 1.807) is 11.3 Å².